The highest BCUT2D eigenvalue weighted by molar-refractivity contribution is 7.80. The molecule has 0 spiro atoms. The monoisotopic (exact) mass is 223 g/mol. The molecular formula is C11H17N3S. The lowest BCUT2D eigenvalue weighted by atomic mass is 10.0. The van der Waals surface area contributed by atoms with Crippen molar-refractivity contribution in [1.82, 2.24) is 10.2 Å². The van der Waals surface area contributed by atoms with Crippen LogP contribution >= 0.6 is 12.2 Å². The van der Waals surface area contributed by atoms with E-state index in [1.54, 1.807) is 6.34 Å². The first-order valence-electron chi connectivity index (χ1n) is 5.34. The summed E-state index contributed by atoms with van der Waals surface area (Å²) < 4.78 is 0. The highest BCUT2D eigenvalue weighted by atomic mass is 32.1. The summed E-state index contributed by atoms with van der Waals surface area (Å²) in [6.07, 6.45) is 8.87. The van der Waals surface area contributed by atoms with Gasteiger partial charge in [-0.25, -0.2) is 4.99 Å². The number of fused-ring (bicyclic) bond motifs is 2. The molecule has 0 radical (unpaired) electrons. The molecule has 0 aromatic carbocycles. The molecule has 0 heterocycles. The van der Waals surface area contributed by atoms with Crippen molar-refractivity contribution in [2.24, 2.45) is 16.8 Å². The van der Waals surface area contributed by atoms with Gasteiger partial charge < -0.3 is 10.2 Å². The van der Waals surface area contributed by atoms with Crippen molar-refractivity contribution in [3.8, 4) is 0 Å². The highest BCUT2D eigenvalue weighted by Gasteiger charge is 2.35. The molecular weight excluding hydrogens is 206 g/mol. The molecule has 2 bridgehead atoms. The Balaban J connectivity index is 1.83. The summed E-state index contributed by atoms with van der Waals surface area (Å²) in [5.41, 5.74) is 0. The molecule has 3 nitrogen and oxygen atoms in total. The van der Waals surface area contributed by atoms with E-state index in [9.17, 15) is 0 Å². The zero-order chi connectivity index (χ0) is 10.8. The van der Waals surface area contributed by atoms with E-state index in [2.05, 4.69) is 22.5 Å². The van der Waals surface area contributed by atoms with Gasteiger partial charge in [0.1, 0.15) is 0 Å². The van der Waals surface area contributed by atoms with E-state index < -0.39 is 0 Å². The molecule has 82 valence electrons. The fourth-order valence-corrected chi connectivity index (χ4v) is 2.51. The molecule has 0 saturated heterocycles. The van der Waals surface area contributed by atoms with Crippen molar-refractivity contribution < 1.29 is 0 Å². The summed E-state index contributed by atoms with van der Waals surface area (Å²) in [6, 6.07) is 0.506. The maximum absolute atomic E-state index is 5.16. The Bertz CT molecular complexity index is 309. The van der Waals surface area contributed by atoms with Gasteiger partial charge in [0.25, 0.3) is 0 Å². The average Bonchev–Trinajstić information content (AvgIpc) is 2.76. The highest BCUT2D eigenvalue weighted by Crippen LogP contribution is 2.38. The SMILES string of the molecule is CN(C)C=NC(=S)N[C@H]1C[C@@H]2C=C[C@H]1C2. The van der Waals surface area contributed by atoms with Gasteiger partial charge in [-0.1, -0.05) is 12.2 Å². The summed E-state index contributed by atoms with van der Waals surface area (Å²) in [6.45, 7) is 0. The smallest absolute Gasteiger partial charge is 0.194 e. The van der Waals surface area contributed by atoms with E-state index in [0.717, 1.165) is 5.92 Å². The Hall–Kier alpha value is -0.900. The van der Waals surface area contributed by atoms with Crippen LogP contribution in [0.15, 0.2) is 17.1 Å². The van der Waals surface area contributed by atoms with Crippen LogP contribution in [-0.2, 0) is 0 Å². The van der Waals surface area contributed by atoms with Crippen LogP contribution in [0, 0.1) is 11.8 Å². The Kier molecular flexibility index (Phi) is 3.05. The Morgan fingerprint density at radius 1 is 1.47 bits per heavy atom. The Labute approximate surface area is 96.3 Å². The first-order chi connectivity index (χ1) is 7.15. The molecule has 1 fully saturated rings. The van der Waals surface area contributed by atoms with E-state index in [4.69, 9.17) is 12.2 Å². The number of hydrogen-bond acceptors (Lipinski definition) is 1. The average molecular weight is 223 g/mol. The number of nitrogens with zero attached hydrogens (tertiary/aromatic N) is 2. The molecule has 0 aromatic heterocycles. The zero-order valence-corrected chi connectivity index (χ0v) is 10.00. The van der Waals surface area contributed by atoms with Crippen LogP contribution in [0.2, 0.25) is 0 Å². The number of aliphatic imine (C=N–C) groups is 1. The van der Waals surface area contributed by atoms with Gasteiger partial charge >= 0.3 is 0 Å². The zero-order valence-electron chi connectivity index (χ0n) is 9.18. The van der Waals surface area contributed by atoms with E-state index in [1.807, 2.05) is 19.0 Å². The molecule has 0 unspecified atom stereocenters. The standard InChI is InChI=1S/C11H17N3S/c1-14(2)7-12-11(15)13-10-6-8-3-4-9(10)5-8/h3-4,7-10H,5-6H2,1-2H3,(H,13,15)/t8-,9+,10+/m1/s1. The van der Waals surface area contributed by atoms with Gasteiger partial charge in [-0.05, 0) is 36.9 Å². The Morgan fingerprint density at radius 2 is 2.27 bits per heavy atom. The minimum atomic E-state index is 0.506. The largest absolute Gasteiger partial charge is 0.369 e. The molecule has 1 N–H and O–H groups in total. The molecule has 2 rings (SSSR count). The molecule has 4 heteroatoms. The van der Waals surface area contributed by atoms with Crippen molar-refractivity contribution in [1.29, 1.82) is 0 Å². The summed E-state index contributed by atoms with van der Waals surface area (Å²) in [5.74, 6) is 1.44. The Morgan fingerprint density at radius 3 is 2.80 bits per heavy atom. The van der Waals surface area contributed by atoms with Crippen molar-refractivity contribution >= 4 is 23.7 Å². The number of hydrogen-bond donors (Lipinski definition) is 1. The maximum Gasteiger partial charge on any atom is 0.194 e. The molecule has 2 aliphatic carbocycles. The predicted octanol–water partition coefficient (Wildman–Crippen LogP) is 1.42. The summed E-state index contributed by atoms with van der Waals surface area (Å²) in [5, 5.41) is 3.93. The molecule has 3 atom stereocenters. The van der Waals surface area contributed by atoms with E-state index in [-0.39, 0.29) is 0 Å². The van der Waals surface area contributed by atoms with Crippen molar-refractivity contribution in [3.05, 3.63) is 12.2 Å². The number of rotatable bonds is 2. The van der Waals surface area contributed by atoms with Crippen molar-refractivity contribution in [3.63, 3.8) is 0 Å². The lowest BCUT2D eigenvalue weighted by molar-refractivity contribution is 0.525. The van der Waals surface area contributed by atoms with Crippen LogP contribution in [0.1, 0.15) is 12.8 Å². The lowest BCUT2D eigenvalue weighted by Crippen LogP contribution is -2.36. The fraction of sp³-hybridized carbons (Fsp3) is 0.636. The third-order valence-electron chi connectivity index (χ3n) is 2.99. The lowest BCUT2D eigenvalue weighted by Gasteiger charge is -2.19. The maximum atomic E-state index is 5.16. The fourth-order valence-electron chi connectivity index (χ4n) is 2.31. The first kappa shape index (κ1) is 10.6. The molecule has 15 heavy (non-hydrogen) atoms. The summed E-state index contributed by atoms with van der Waals surface area (Å²) >= 11 is 5.16. The summed E-state index contributed by atoms with van der Waals surface area (Å²) in [4.78, 5) is 6.05. The van der Waals surface area contributed by atoms with Crippen molar-refractivity contribution in [2.45, 2.75) is 18.9 Å². The third kappa shape index (κ3) is 2.56. The minimum absolute atomic E-state index is 0.506. The molecule has 2 aliphatic rings. The van der Waals surface area contributed by atoms with Crippen LogP contribution in [0.25, 0.3) is 0 Å². The first-order valence-corrected chi connectivity index (χ1v) is 5.75. The van der Waals surface area contributed by atoms with E-state index in [1.165, 1.54) is 12.8 Å². The van der Waals surface area contributed by atoms with Gasteiger partial charge in [0.15, 0.2) is 5.11 Å². The molecule has 1 saturated carbocycles. The van der Waals surface area contributed by atoms with Crippen LogP contribution in [0.3, 0.4) is 0 Å². The van der Waals surface area contributed by atoms with Crippen LogP contribution < -0.4 is 5.32 Å². The van der Waals surface area contributed by atoms with Gasteiger partial charge in [0.2, 0.25) is 0 Å². The minimum Gasteiger partial charge on any atom is -0.369 e. The molecule has 0 amide bonds. The second kappa shape index (κ2) is 4.31. The summed E-state index contributed by atoms with van der Waals surface area (Å²) in [7, 11) is 3.87. The second-order valence-corrected chi connectivity index (χ2v) is 4.93. The van der Waals surface area contributed by atoms with Crippen molar-refractivity contribution in [2.75, 3.05) is 14.1 Å². The van der Waals surface area contributed by atoms with Gasteiger partial charge in [-0.3, -0.25) is 0 Å². The third-order valence-corrected chi connectivity index (χ3v) is 3.22. The second-order valence-electron chi connectivity index (χ2n) is 4.54. The normalized spacial score (nSPS) is 32.5. The van der Waals surface area contributed by atoms with Gasteiger partial charge in [0, 0.05) is 20.1 Å². The van der Waals surface area contributed by atoms with Crippen LogP contribution in [-0.4, -0.2) is 36.5 Å². The number of thiocarbonyl (C=S) groups is 1. The van der Waals surface area contributed by atoms with Crippen LogP contribution in [0.4, 0.5) is 0 Å². The van der Waals surface area contributed by atoms with E-state index in [0.29, 0.717) is 17.1 Å². The van der Waals surface area contributed by atoms with E-state index >= 15 is 0 Å². The number of allylic oxidation sites excluding steroid dienone is 1. The predicted molar refractivity (Wildman–Crippen MR) is 67.1 cm³/mol. The van der Waals surface area contributed by atoms with Gasteiger partial charge in [-0.2, -0.15) is 0 Å². The van der Waals surface area contributed by atoms with Gasteiger partial charge in [0.05, 0.1) is 6.34 Å². The topological polar surface area (TPSA) is 27.6 Å². The molecule has 0 aliphatic heterocycles. The molecule has 0 aromatic rings. The van der Waals surface area contributed by atoms with Gasteiger partial charge in [-0.15, -0.1) is 0 Å². The van der Waals surface area contributed by atoms with Crippen LogP contribution in [0.5, 0.6) is 0 Å². The quantitative estimate of drug-likeness (QED) is 0.332. The number of nitrogens with one attached hydrogen (secondary N) is 1.